The van der Waals surface area contributed by atoms with Crippen molar-refractivity contribution < 1.29 is 27.9 Å². The minimum absolute atomic E-state index is 0.0370. The highest BCUT2D eigenvalue weighted by Crippen LogP contribution is 2.34. The minimum atomic E-state index is -1.10. The third kappa shape index (κ3) is 5.27. The molecule has 0 bridgehead atoms. The molecule has 0 spiro atoms. The molecule has 7 nitrogen and oxygen atoms in total. The van der Waals surface area contributed by atoms with Gasteiger partial charge in [0.25, 0.3) is 0 Å². The molecule has 0 saturated carbocycles. The predicted octanol–water partition coefficient (Wildman–Crippen LogP) is 4.34. The van der Waals surface area contributed by atoms with Gasteiger partial charge in [-0.25, -0.2) is 9.18 Å². The van der Waals surface area contributed by atoms with Crippen LogP contribution >= 0.6 is 11.6 Å². The molecule has 1 aliphatic rings. The van der Waals surface area contributed by atoms with Crippen LogP contribution in [0.25, 0.3) is 22.1 Å². The van der Waals surface area contributed by atoms with Crippen LogP contribution in [0.3, 0.4) is 0 Å². The maximum Gasteiger partial charge on any atom is 0.336 e. The molecule has 0 N–H and O–H groups in total. The topological polar surface area (TPSA) is 93.9 Å². The molecule has 0 aliphatic carbocycles. The lowest BCUT2D eigenvalue weighted by atomic mass is 9.91. The third-order valence-electron chi connectivity index (χ3n) is 6.26. The van der Waals surface area contributed by atoms with Crippen LogP contribution < -0.4 is 5.63 Å². The smallest absolute Gasteiger partial charge is 0.336 e. The Bertz CT molecular complexity index is 1350. The molecular weight excluding hydrogens is 477 g/mol. The molecule has 1 fully saturated rings. The summed E-state index contributed by atoms with van der Waals surface area (Å²) in [6.45, 7) is 0.838. The highest BCUT2D eigenvalue weighted by molar-refractivity contribution is 6.33. The maximum atomic E-state index is 13.5. The molecule has 2 aromatic carbocycles. The van der Waals surface area contributed by atoms with E-state index in [4.69, 9.17) is 20.8 Å². The Balaban J connectivity index is 1.66. The normalized spacial score (nSPS) is 16.7. The maximum absolute atomic E-state index is 13.5. The summed E-state index contributed by atoms with van der Waals surface area (Å²) in [6, 6.07) is 9.88. The van der Waals surface area contributed by atoms with Gasteiger partial charge in [-0.2, -0.15) is 0 Å². The third-order valence-corrected chi connectivity index (χ3v) is 6.58. The molecular formula is C26H23ClFNO6. The van der Waals surface area contributed by atoms with Crippen molar-refractivity contribution >= 4 is 40.7 Å². The molecule has 3 aromatic rings. The van der Waals surface area contributed by atoms with Crippen molar-refractivity contribution in [3.63, 3.8) is 0 Å². The van der Waals surface area contributed by atoms with Gasteiger partial charge in [-0.15, -0.1) is 0 Å². The number of rotatable bonds is 6. The zero-order valence-electron chi connectivity index (χ0n) is 19.0. The van der Waals surface area contributed by atoms with Gasteiger partial charge in [0, 0.05) is 42.1 Å². The fraction of sp³-hybridized carbons (Fsp3) is 0.308. The van der Waals surface area contributed by atoms with Gasteiger partial charge < -0.3 is 18.8 Å². The molecule has 35 heavy (non-hydrogen) atoms. The second-order valence-electron chi connectivity index (χ2n) is 8.55. The van der Waals surface area contributed by atoms with Crippen LogP contribution in [0.4, 0.5) is 4.39 Å². The zero-order valence-corrected chi connectivity index (χ0v) is 19.7. The number of likely N-dealkylation sites (tertiary alicyclic amines) is 1. The summed E-state index contributed by atoms with van der Waals surface area (Å²) in [6.07, 6.45) is 2.28. The fourth-order valence-electron chi connectivity index (χ4n) is 4.53. The standard InChI is InChI=1S/C26H23ClFNO6/c1-34-24(31)9-15-3-2-8-29(13-15)26(33)21(14-30)16-4-6-19-20(12-25(32)35-23(19)10-16)18-7-5-17(28)11-22(18)27/h4-7,10-12,14-15,21H,2-3,8-9,13H2,1H3/t15-,21-/m0/s1. The molecule has 1 aromatic heterocycles. The summed E-state index contributed by atoms with van der Waals surface area (Å²) in [4.78, 5) is 50.7. The largest absolute Gasteiger partial charge is 0.469 e. The Labute approximate surface area is 205 Å². The molecule has 1 aliphatic heterocycles. The number of fused-ring (bicyclic) bond motifs is 1. The van der Waals surface area contributed by atoms with E-state index in [0.717, 1.165) is 12.5 Å². The second-order valence-corrected chi connectivity index (χ2v) is 8.95. The highest BCUT2D eigenvalue weighted by Gasteiger charge is 2.31. The van der Waals surface area contributed by atoms with Crippen LogP contribution in [-0.4, -0.2) is 43.3 Å². The van der Waals surface area contributed by atoms with Gasteiger partial charge in [-0.05, 0) is 48.6 Å². The predicted molar refractivity (Wildman–Crippen MR) is 128 cm³/mol. The van der Waals surface area contributed by atoms with Crippen LogP contribution in [0, 0.1) is 11.7 Å². The van der Waals surface area contributed by atoms with Gasteiger partial charge in [-0.1, -0.05) is 23.7 Å². The molecule has 1 saturated heterocycles. The number of hydrogen-bond donors (Lipinski definition) is 0. The summed E-state index contributed by atoms with van der Waals surface area (Å²) in [7, 11) is 1.32. The average molecular weight is 500 g/mol. The number of carbonyl (C=O) groups is 3. The van der Waals surface area contributed by atoms with Crippen LogP contribution in [0.5, 0.6) is 0 Å². The van der Waals surface area contributed by atoms with E-state index in [1.165, 1.54) is 31.4 Å². The number of piperidine rings is 1. The first kappa shape index (κ1) is 24.6. The molecule has 9 heteroatoms. The van der Waals surface area contributed by atoms with Crippen molar-refractivity contribution in [1.29, 1.82) is 0 Å². The van der Waals surface area contributed by atoms with Crippen molar-refractivity contribution in [1.82, 2.24) is 4.90 Å². The molecule has 2 atom stereocenters. The first-order valence-corrected chi connectivity index (χ1v) is 11.5. The SMILES string of the molecule is COC(=O)C[C@@H]1CCCN(C(=O)[C@@H](C=O)c2ccc3c(-c4ccc(F)cc4Cl)cc(=O)oc3c2)C1. The molecule has 0 radical (unpaired) electrons. The van der Waals surface area contributed by atoms with E-state index in [1.807, 2.05) is 0 Å². The van der Waals surface area contributed by atoms with E-state index in [-0.39, 0.29) is 34.8 Å². The fourth-order valence-corrected chi connectivity index (χ4v) is 4.80. The number of carbonyl (C=O) groups excluding carboxylic acids is 3. The lowest BCUT2D eigenvalue weighted by Crippen LogP contribution is -2.43. The summed E-state index contributed by atoms with van der Waals surface area (Å²) in [5.74, 6) is -2.36. The van der Waals surface area contributed by atoms with E-state index >= 15 is 0 Å². The van der Waals surface area contributed by atoms with Gasteiger partial charge in [-0.3, -0.25) is 9.59 Å². The number of amides is 1. The van der Waals surface area contributed by atoms with Gasteiger partial charge in [0.2, 0.25) is 5.91 Å². The van der Waals surface area contributed by atoms with Crippen molar-refractivity contribution in [2.45, 2.75) is 25.2 Å². The van der Waals surface area contributed by atoms with Gasteiger partial charge in [0.15, 0.2) is 0 Å². The molecule has 2 heterocycles. The van der Waals surface area contributed by atoms with Crippen LogP contribution in [0.15, 0.2) is 51.7 Å². The zero-order chi connectivity index (χ0) is 25.1. The Morgan fingerprint density at radius 3 is 2.74 bits per heavy atom. The van der Waals surface area contributed by atoms with Crippen LogP contribution in [0.2, 0.25) is 5.02 Å². The van der Waals surface area contributed by atoms with Gasteiger partial charge in [0.1, 0.15) is 23.6 Å². The second kappa shape index (κ2) is 10.4. The summed E-state index contributed by atoms with van der Waals surface area (Å²) >= 11 is 6.20. The van der Waals surface area contributed by atoms with E-state index in [1.54, 1.807) is 17.0 Å². The van der Waals surface area contributed by atoms with Crippen molar-refractivity contribution in [2.24, 2.45) is 5.92 Å². The number of nitrogens with zero attached hydrogens (tertiary/aromatic N) is 1. The molecule has 182 valence electrons. The van der Waals surface area contributed by atoms with Crippen molar-refractivity contribution in [3.05, 3.63) is 69.3 Å². The monoisotopic (exact) mass is 499 g/mol. The van der Waals surface area contributed by atoms with Gasteiger partial charge >= 0.3 is 11.6 Å². The highest BCUT2D eigenvalue weighted by atomic mass is 35.5. The Kier molecular flexibility index (Phi) is 7.31. The lowest BCUT2D eigenvalue weighted by molar-refractivity contribution is -0.144. The van der Waals surface area contributed by atoms with E-state index in [2.05, 4.69) is 0 Å². The average Bonchev–Trinajstić information content (AvgIpc) is 2.84. The number of esters is 1. The molecule has 1 amide bonds. The first-order valence-electron chi connectivity index (χ1n) is 11.1. The molecule has 4 rings (SSSR count). The minimum Gasteiger partial charge on any atom is -0.469 e. The number of halogens is 2. The number of hydrogen-bond acceptors (Lipinski definition) is 6. The number of aldehydes is 1. The van der Waals surface area contributed by atoms with E-state index < -0.39 is 17.4 Å². The van der Waals surface area contributed by atoms with E-state index in [0.29, 0.717) is 47.9 Å². The Morgan fingerprint density at radius 1 is 1.23 bits per heavy atom. The van der Waals surface area contributed by atoms with Crippen LogP contribution in [0.1, 0.15) is 30.7 Å². The van der Waals surface area contributed by atoms with Crippen LogP contribution in [-0.2, 0) is 19.1 Å². The number of methoxy groups -OCH3 is 1. The lowest BCUT2D eigenvalue weighted by Gasteiger charge is -2.33. The first-order chi connectivity index (χ1) is 16.8. The van der Waals surface area contributed by atoms with Gasteiger partial charge in [0.05, 0.1) is 12.1 Å². The quantitative estimate of drug-likeness (QED) is 0.217. The molecule has 0 unspecified atom stereocenters. The summed E-state index contributed by atoms with van der Waals surface area (Å²) < 4.78 is 23.6. The Morgan fingerprint density at radius 2 is 2.03 bits per heavy atom. The van der Waals surface area contributed by atoms with Crippen molar-refractivity contribution in [3.8, 4) is 11.1 Å². The number of ether oxygens (including phenoxy) is 1. The van der Waals surface area contributed by atoms with E-state index in [9.17, 15) is 23.6 Å². The van der Waals surface area contributed by atoms with Crippen molar-refractivity contribution in [2.75, 3.05) is 20.2 Å². The summed E-state index contributed by atoms with van der Waals surface area (Å²) in [5, 5.41) is 0.656. The number of benzene rings is 2. The summed E-state index contributed by atoms with van der Waals surface area (Å²) in [5.41, 5.74) is 0.793. The Hall–Kier alpha value is -3.52.